The molecule has 9 nitrogen and oxygen atoms in total. The number of amides is 2. The number of carbonyl (C=O) groups is 3. The third kappa shape index (κ3) is 4.89. The van der Waals surface area contributed by atoms with Crippen LogP contribution < -0.4 is 0 Å². The van der Waals surface area contributed by atoms with Crippen LogP contribution in [0.4, 0.5) is 11.4 Å². The lowest BCUT2D eigenvalue weighted by molar-refractivity contribution is -0.384. The monoisotopic (exact) mass is 475 g/mol. The Hall–Kier alpha value is -4.14. The van der Waals surface area contributed by atoms with Gasteiger partial charge in [-0.15, -0.1) is 0 Å². The Bertz CT molecular complexity index is 1270. The first kappa shape index (κ1) is 24.0. The molecule has 0 atom stereocenters. The zero-order chi connectivity index (χ0) is 25.3. The Morgan fingerprint density at radius 3 is 2.34 bits per heavy atom. The minimum atomic E-state index is -0.521. The summed E-state index contributed by atoms with van der Waals surface area (Å²) in [7, 11) is 0. The summed E-state index contributed by atoms with van der Waals surface area (Å²) >= 11 is 0. The molecule has 1 aliphatic carbocycles. The first-order valence-electron chi connectivity index (χ1n) is 11.3. The van der Waals surface area contributed by atoms with Crippen LogP contribution in [-0.2, 0) is 4.79 Å². The number of allylic oxidation sites excluding steroid dienone is 2. The summed E-state index contributed by atoms with van der Waals surface area (Å²) in [4.78, 5) is 54.3. The molecule has 1 heterocycles. The molecule has 4 rings (SSSR count). The van der Waals surface area contributed by atoms with Crippen LogP contribution >= 0.6 is 0 Å². The topological polar surface area (TPSA) is 130 Å². The molecule has 1 aliphatic heterocycles. The van der Waals surface area contributed by atoms with E-state index in [2.05, 4.69) is 4.99 Å². The van der Waals surface area contributed by atoms with Gasteiger partial charge in [-0.3, -0.25) is 34.4 Å². The molecule has 2 aromatic carbocycles. The van der Waals surface area contributed by atoms with Gasteiger partial charge in [0.05, 0.1) is 33.0 Å². The molecule has 0 unspecified atom stereocenters. The third-order valence-corrected chi connectivity index (χ3v) is 6.12. The van der Waals surface area contributed by atoms with E-state index in [1.54, 1.807) is 30.3 Å². The maximum atomic E-state index is 13.0. The van der Waals surface area contributed by atoms with Gasteiger partial charge in [0, 0.05) is 31.5 Å². The maximum Gasteiger partial charge on any atom is 0.271 e. The van der Waals surface area contributed by atoms with Crippen LogP contribution in [0.1, 0.15) is 60.2 Å². The van der Waals surface area contributed by atoms with Gasteiger partial charge in [0.1, 0.15) is 5.76 Å². The van der Waals surface area contributed by atoms with Crippen molar-refractivity contribution in [3.05, 3.63) is 81.1 Å². The number of hydrogen-bond acceptors (Lipinski definition) is 7. The zero-order valence-electron chi connectivity index (χ0n) is 19.5. The molecule has 9 heteroatoms. The molecule has 2 aromatic rings. The molecular formula is C26H25N3O6. The molecule has 35 heavy (non-hydrogen) atoms. The number of nitro benzene ring substituents is 1. The number of aliphatic hydroxyl groups is 1. The highest BCUT2D eigenvalue weighted by atomic mass is 16.6. The highest BCUT2D eigenvalue weighted by Gasteiger charge is 2.37. The number of fused-ring (bicyclic) bond motifs is 1. The summed E-state index contributed by atoms with van der Waals surface area (Å²) in [5.41, 5.74) is 0.996. The van der Waals surface area contributed by atoms with Crippen molar-refractivity contribution >= 4 is 34.7 Å². The Labute approximate surface area is 201 Å². The number of rotatable bonds is 6. The number of hydrogen-bond donors (Lipinski definition) is 1. The third-order valence-electron chi connectivity index (χ3n) is 6.12. The second-order valence-electron chi connectivity index (χ2n) is 9.51. The average Bonchev–Trinajstić information content (AvgIpc) is 3.03. The van der Waals surface area contributed by atoms with Gasteiger partial charge >= 0.3 is 0 Å². The van der Waals surface area contributed by atoms with Crippen LogP contribution in [0.2, 0.25) is 0 Å². The molecule has 0 bridgehead atoms. The number of aliphatic hydroxyl groups excluding tert-OH is 1. The van der Waals surface area contributed by atoms with E-state index in [-0.39, 0.29) is 65.8 Å². The molecule has 0 radical (unpaired) electrons. The summed E-state index contributed by atoms with van der Waals surface area (Å²) < 4.78 is 0. The fourth-order valence-corrected chi connectivity index (χ4v) is 4.51. The molecule has 1 saturated carbocycles. The second kappa shape index (κ2) is 9.25. The summed E-state index contributed by atoms with van der Waals surface area (Å²) in [6, 6.07) is 12.4. The van der Waals surface area contributed by atoms with Crippen LogP contribution in [0, 0.1) is 15.5 Å². The molecule has 1 N–H and O–H groups in total. The largest absolute Gasteiger partial charge is 0.511 e. The number of imide groups is 1. The van der Waals surface area contributed by atoms with Crippen molar-refractivity contribution in [1.82, 2.24) is 4.90 Å². The lowest BCUT2D eigenvalue weighted by Crippen LogP contribution is -2.33. The lowest BCUT2D eigenvalue weighted by atomic mass is 9.73. The van der Waals surface area contributed by atoms with Gasteiger partial charge in [-0.05, 0) is 36.5 Å². The van der Waals surface area contributed by atoms with Crippen LogP contribution in [-0.4, -0.2) is 44.8 Å². The van der Waals surface area contributed by atoms with Gasteiger partial charge in [-0.2, -0.15) is 0 Å². The molecule has 1 fully saturated rings. The van der Waals surface area contributed by atoms with Crippen molar-refractivity contribution in [1.29, 1.82) is 0 Å². The fourth-order valence-electron chi connectivity index (χ4n) is 4.51. The number of nitrogens with zero attached hydrogens (tertiary/aromatic N) is 3. The van der Waals surface area contributed by atoms with E-state index >= 15 is 0 Å². The highest BCUT2D eigenvalue weighted by Crippen LogP contribution is 2.37. The Kier molecular flexibility index (Phi) is 6.34. The zero-order valence-corrected chi connectivity index (χ0v) is 19.5. The fraction of sp³-hybridized carbons (Fsp3) is 0.308. The number of aliphatic imine (C=N–C) groups is 1. The van der Waals surface area contributed by atoms with E-state index in [1.807, 2.05) is 13.8 Å². The highest BCUT2D eigenvalue weighted by molar-refractivity contribution is 6.25. The van der Waals surface area contributed by atoms with Crippen molar-refractivity contribution in [2.24, 2.45) is 10.4 Å². The predicted molar refractivity (Wildman–Crippen MR) is 129 cm³/mol. The van der Waals surface area contributed by atoms with Crippen molar-refractivity contribution in [2.45, 2.75) is 39.5 Å². The molecule has 2 aliphatic rings. The maximum absolute atomic E-state index is 13.0. The lowest BCUT2D eigenvalue weighted by Gasteiger charge is -2.31. The average molecular weight is 476 g/mol. The SMILES string of the molecule is CC1(C)CC(=O)/C(=C(/O)CCCN2C(=O)c3ccccc3C2=O)C(=Nc2cccc([N+](=O)[O-])c2)C1. The first-order valence-corrected chi connectivity index (χ1v) is 11.3. The smallest absolute Gasteiger partial charge is 0.271 e. The summed E-state index contributed by atoms with van der Waals surface area (Å²) in [5.74, 6) is -1.17. The summed E-state index contributed by atoms with van der Waals surface area (Å²) in [6.45, 7) is 3.94. The minimum absolute atomic E-state index is 0.0723. The van der Waals surface area contributed by atoms with Crippen LogP contribution in [0.15, 0.2) is 64.9 Å². The Morgan fingerprint density at radius 2 is 1.71 bits per heavy atom. The number of Topliss-reactive ketones (excluding diaryl/α,β-unsaturated/α-hetero) is 1. The number of non-ortho nitro benzene ring substituents is 1. The van der Waals surface area contributed by atoms with Gasteiger partial charge in [0.15, 0.2) is 5.78 Å². The van der Waals surface area contributed by atoms with Gasteiger partial charge < -0.3 is 5.11 Å². The number of nitro groups is 1. The van der Waals surface area contributed by atoms with Crippen LogP contribution in [0.5, 0.6) is 0 Å². The van der Waals surface area contributed by atoms with Gasteiger partial charge in [0.25, 0.3) is 17.5 Å². The Morgan fingerprint density at radius 1 is 1.06 bits per heavy atom. The summed E-state index contributed by atoms with van der Waals surface area (Å²) in [6.07, 6.45) is 0.961. The molecule has 0 aromatic heterocycles. The van der Waals surface area contributed by atoms with Crippen molar-refractivity contribution in [3.63, 3.8) is 0 Å². The van der Waals surface area contributed by atoms with Crippen molar-refractivity contribution in [3.8, 4) is 0 Å². The predicted octanol–water partition coefficient (Wildman–Crippen LogP) is 4.94. The summed E-state index contributed by atoms with van der Waals surface area (Å²) in [5, 5.41) is 22.0. The van der Waals surface area contributed by atoms with Crippen LogP contribution in [0.3, 0.4) is 0 Å². The minimum Gasteiger partial charge on any atom is -0.511 e. The van der Waals surface area contributed by atoms with E-state index in [1.165, 1.54) is 18.2 Å². The standard InChI is InChI=1S/C26H25N3O6/c1-26(2)14-20(27-16-7-5-8-17(13-16)29(34)35)23(22(31)15-26)21(30)11-6-12-28-24(32)18-9-3-4-10-19(18)25(28)33/h3-5,7-10,13,30H,6,11-12,14-15H2,1-2H3/b23-21+,27-20?. The number of ketones is 1. The van der Waals surface area contributed by atoms with Gasteiger partial charge in [0.2, 0.25) is 0 Å². The molecule has 0 saturated heterocycles. The molecule has 2 amide bonds. The van der Waals surface area contributed by atoms with Crippen molar-refractivity contribution < 1.29 is 24.4 Å². The quantitative estimate of drug-likeness (QED) is 0.207. The van der Waals surface area contributed by atoms with E-state index < -0.39 is 4.92 Å². The second-order valence-corrected chi connectivity index (χ2v) is 9.51. The molecule has 0 spiro atoms. The number of carbonyl (C=O) groups excluding carboxylic acids is 3. The van der Waals surface area contributed by atoms with Gasteiger partial charge in [-0.1, -0.05) is 32.0 Å². The van der Waals surface area contributed by atoms with Crippen LogP contribution in [0.25, 0.3) is 0 Å². The molecular weight excluding hydrogens is 450 g/mol. The Balaban J connectivity index is 1.56. The van der Waals surface area contributed by atoms with E-state index in [4.69, 9.17) is 0 Å². The molecule has 180 valence electrons. The normalized spacial score (nSPS) is 19.8. The number of benzene rings is 2. The van der Waals surface area contributed by atoms with E-state index in [9.17, 15) is 29.6 Å². The van der Waals surface area contributed by atoms with E-state index in [0.29, 0.717) is 28.9 Å². The first-order chi connectivity index (χ1) is 16.6. The van der Waals surface area contributed by atoms with E-state index in [0.717, 1.165) is 4.90 Å². The van der Waals surface area contributed by atoms with Crippen molar-refractivity contribution in [2.75, 3.05) is 6.54 Å². The van der Waals surface area contributed by atoms with Gasteiger partial charge in [-0.25, -0.2) is 0 Å².